The van der Waals surface area contributed by atoms with E-state index in [0.717, 1.165) is 5.56 Å². The first kappa shape index (κ1) is 16.4. The van der Waals surface area contributed by atoms with Crippen LogP contribution in [0.3, 0.4) is 0 Å². The minimum absolute atomic E-state index is 0.0184. The van der Waals surface area contributed by atoms with Gasteiger partial charge in [-0.3, -0.25) is 15.1 Å². The molecule has 0 aliphatic carbocycles. The smallest absolute Gasteiger partial charge is 0.412 e. The van der Waals surface area contributed by atoms with Gasteiger partial charge in [0, 0.05) is 18.9 Å². The highest BCUT2D eigenvalue weighted by atomic mass is 16.5. The molecule has 0 radical (unpaired) electrons. The molecule has 122 valence electrons. The van der Waals surface area contributed by atoms with Gasteiger partial charge in [0.25, 0.3) is 0 Å². The third-order valence-corrected chi connectivity index (χ3v) is 2.81. The molecule has 0 spiro atoms. The van der Waals surface area contributed by atoms with Crippen molar-refractivity contribution in [2.24, 2.45) is 0 Å². The van der Waals surface area contributed by atoms with E-state index in [2.05, 4.69) is 25.9 Å². The van der Waals surface area contributed by atoms with Crippen molar-refractivity contribution in [1.29, 1.82) is 0 Å². The normalized spacial score (nSPS) is 10.1. The second-order valence-electron chi connectivity index (χ2n) is 4.61. The maximum Gasteiger partial charge on any atom is 0.412 e. The number of hydrogen-bond acceptors (Lipinski definition) is 6. The Balaban J connectivity index is 1.73. The molecular weight excluding hydrogens is 300 g/mol. The summed E-state index contributed by atoms with van der Waals surface area (Å²) in [6.45, 7) is 2.49. The molecule has 0 saturated heterocycles. The van der Waals surface area contributed by atoms with Gasteiger partial charge in [-0.2, -0.15) is 0 Å². The van der Waals surface area contributed by atoms with E-state index in [-0.39, 0.29) is 24.9 Å². The van der Waals surface area contributed by atoms with Gasteiger partial charge in [0.05, 0.1) is 12.8 Å². The minimum Gasteiger partial charge on any atom is -0.450 e. The maximum absolute atomic E-state index is 11.8. The SMILES string of the molecule is CCOC(=O)Nc1cn(CC(=O)NCCc2cccnc2)nn1. The van der Waals surface area contributed by atoms with Crippen LogP contribution in [0.5, 0.6) is 0 Å². The van der Waals surface area contributed by atoms with Gasteiger partial charge in [-0.05, 0) is 25.0 Å². The molecule has 9 nitrogen and oxygen atoms in total. The number of hydrogen-bond donors (Lipinski definition) is 2. The summed E-state index contributed by atoms with van der Waals surface area (Å²) in [6, 6.07) is 3.80. The largest absolute Gasteiger partial charge is 0.450 e. The summed E-state index contributed by atoms with van der Waals surface area (Å²) in [5.41, 5.74) is 1.05. The van der Waals surface area contributed by atoms with Crippen LogP contribution in [0.15, 0.2) is 30.7 Å². The van der Waals surface area contributed by atoms with Crippen molar-refractivity contribution in [2.45, 2.75) is 19.9 Å². The molecule has 0 unspecified atom stereocenters. The van der Waals surface area contributed by atoms with Gasteiger partial charge in [0.15, 0.2) is 5.82 Å². The molecule has 0 bridgehead atoms. The standard InChI is InChI=1S/C14H18N6O3/c1-2-23-14(22)17-12-9-20(19-18-12)10-13(21)16-7-5-11-4-3-6-15-8-11/h3-4,6,8-9H,2,5,7,10H2,1H3,(H,16,21)(H,17,22). The lowest BCUT2D eigenvalue weighted by atomic mass is 10.2. The van der Waals surface area contributed by atoms with Gasteiger partial charge in [-0.25, -0.2) is 9.48 Å². The van der Waals surface area contributed by atoms with Gasteiger partial charge in [0.2, 0.25) is 5.91 Å². The topological polar surface area (TPSA) is 111 Å². The Hall–Kier alpha value is -2.97. The van der Waals surface area contributed by atoms with Crippen molar-refractivity contribution < 1.29 is 14.3 Å². The minimum atomic E-state index is -0.611. The van der Waals surface area contributed by atoms with E-state index in [9.17, 15) is 9.59 Å². The van der Waals surface area contributed by atoms with Crippen LogP contribution in [0.4, 0.5) is 10.6 Å². The number of amides is 2. The van der Waals surface area contributed by atoms with Crippen LogP contribution >= 0.6 is 0 Å². The molecule has 0 aromatic carbocycles. The van der Waals surface area contributed by atoms with E-state index in [1.54, 1.807) is 19.3 Å². The number of ether oxygens (including phenoxy) is 1. The van der Waals surface area contributed by atoms with Gasteiger partial charge in [-0.1, -0.05) is 11.3 Å². The number of nitrogens with zero attached hydrogens (tertiary/aromatic N) is 4. The van der Waals surface area contributed by atoms with Crippen LogP contribution in [0.1, 0.15) is 12.5 Å². The Kier molecular flexibility index (Phi) is 6.04. The van der Waals surface area contributed by atoms with Crippen LogP contribution in [-0.2, 0) is 22.5 Å². The fourth-order valence-corrected chi connectivity index (χ4v) is 1.80. The molecule has 2 N–H and O–H groups in total. The first-order valence-corrected chi connectivity index (χ1v) is 7.17. The summed E-state index contributed by atoms with van der Waals surface area (Å²) >= 11 is 0. The molecular formula is C14H18N6O3. The predicted molar refractivity (Wildman–Crippen MR) is 81.6 cm³/mol. The van der Waals surface area contributed by atoms with Crippen LogP contribution in [0.25, 0.3) is 0 Å². The fourth-order valence-electron chi connectivity index (χ4n) is 1.80. The highest BCUT2D eigenvalue weighted by Gasteiger charge is 2.08. The van der Waals surface area contributed by atoms with E-state index in [4.69, 9.17) is 4.74 Å². The van der Waals surface area contributed by atoms with Crippen molar-refractivity contribution >= 4 is 17.8 Å². The van der Waals surface area contributed by atoms with Gasteiger partial charge in [-0.15, -0.1) is 5.10 Å². The van der Waals surface area contributed by atoms with Crippen molar-refractivity contribution in [3.63, 3.8) is 0 Å². The first-order chi connectivity index (χ1) is 11.2. The highest BCUT2D eigenvalue weighted by Crippen LogP contribution is 2.01. The second kappa shape index (κ2) is 8.47. The van der Waals surface area contributed by atoms with Crippen molar-refractivity contribution in [3.8, 4) is 0 Å². The van der Waals surface area contributed by atoms with Crippen LogP contribution in [-0.4, -0.2) is 45.1 Å². The zero-order valence-corrected chi connectivity index (χ0v) is 12.7. The summed E-state index contributed by atoms with van der Waals surface area (Å²) in [4.78, 5) is 27.0. The fraction of sp³-hybridized carbons (Fsp3) is 0.357. The van der Waals surface area contributed by atoms with Crippen molar-refractivity contribution in [3.05, 3.63) is 36.3 Å². The molecule has 2 rings (SSSR count). The third-order valence-electron chi connectivity index (χ3n) is 2.81. The Morgan fingerprint density at radius 3 is 3.00 bits per heavy atom. The van der Waals surface area contributed by atoms with Crippen LogP contribution < -0.4 is 10.6 Å². The lowest BCUT2D eigenvalue weighted by molar-refractivity contribution is -0.121. The van der Waals surface area contributed by atoms with Gasteiger partial charge < -0.3 is 10.1 Å². The number of anilines is 1. The summed E-state index contributed by atoms with van der Waals surface area (Å²) in [6.07, 6.45) is 5.01. The molecule has 0 aliphatic heterocycles. The number of aromatic nitrogens is 4. The number of rotatable bonds is 7. The Labute approximate surface area is 133 Å². The number of pyridine rings is 1. The summed E-state index contributed by atoms with van der Waals surface area (Å²) in [5.74, 6) is 0.0353. The summed E-state index contributed by atoms with van der Waals surface area (Å²) < 4.78 is 6.05. The first-order valence-electron chi connectivity index (χ1n) is 7.17. The lowest BCUT2D eigenvalue weighted by Gasteiger charge is -2.04. The van der Waals surface area contributed by atoms with E-state index in [1.807, 2.05) is 12.1 Å². The average molecular weight is 318 g/mol. The lowest BCUT2D eigenvalue weighted by Crippen LogP contribution is -2.29. The van der Waals surface area contributed by atoms with E-state index >= 15 is 0 Å². The maximum atomic E-state index is 11.8. The van der Waals surface area contributed by atoms with Gasteiger partial charge in [0.1, 0.15) is 6.54 Å². The summed E-state index contributed by atoms with van der Waals surface area (Å²) in [7, 11) is 0. The van der Waals surface area contributed by atoms with Crippen molar-refractivity contribution in [2.75, 3.05) is 18.5 Å². The van der Waals surface area contributed by atoms with E-state index < -0.39 is 6.09 Å². The molecule has 0 saturated carbocycles. The molecule has 0 aliphatic rings. The summed E-state index contributed by atoms with van der Waals surface area (Å²) in [5, 5.41) is 12.7. The monoisotopic (exact) mass is 318 g/mol. The zero-order valence-electron chi connectivity index (χ0n) is 12.7. The predicted octanol–water partition coefficient (Wildman–Crippen LogP) is 0.600. The average Bonchev–Trinajstić information content (AvgIpc) is 2.95. The molecule has 0 atom stereocenters. The number of nitrogens with one attached hydrogen (secondary N) is 2. The Bertz CT molecular complexity index is 643. The number of carbonyl (C=O) groups is 2. The van der Waals surface area contributed by atoms with E-state index in [0.29, 0.717) is 13.0 Å². The molecule has 0 fully saturated rings. The molecule has 9 heteroatoms. The zero-order chi connectivity index (χ0) is 16.5. The van der Waals surface area contributed by atoms with Gasteiger partial charge >= 0.3 is 6.09 Å². The van der Waals surface area contributed by atoms with E-state index in [1.165, 1.54) is 10.9 Å². The molecule has 2 aromatic heterocycles. The number of carbonyl (C=O) groups excluding carboxylic acids is 2. The molecule has 2 heterocycles. The third kappa shape index (κ3) is 5.73. The Morgan fingerprint density at radius 2 is 2.26 bits per heavy atom. The van der Waals surface area contributed by atoms with Crippen LogP contribution in [0, 0.1) is 0 Å². The second-order valence-corrected chi connectivity index (χ2v) is 4.61. The Morgan fingerprint density at radius 1 is 1.39 bits per heavy atom. The van der Waals surface area contributed by atoms with Crippen LogP contribution in [0.2, 0.25) is 0 Å². The molecule has 2 aromatic rings. The highest BCUT2D eigenvalue weighted by molar-refractivity contribution is 5.83. The quantitative estimate of drug-likeness (QED) is 0.773. The molecule has 2 amide bonds. The van der Waals surface area contributed by atoms with Crippen molar-refractivity contribution in [1.82, 2.24) is 25.3 Å². The molecule has 23 heavy (non-hydrogen) atoms.